The molecule has 0 aromatic heterocycles. The maximum atomic E-state index is 13.0. The van der Waals surface area contributed by atoms with E-state index < -0.39 is 0 Å². The van der Waals surface area contributed by atoms with Crippen molar-refractivity contribution in [2.24, 2.45) is 4.99 Å². The van der Waals surface area contributed by atoms with Crippen molar-refractivity contribution in [3.63, 3.8) is 0 Å². The van der Waals surface area contributed by atoms with E-state index >= 15 is 0 Å². The lowest BCUT2D eigenvalue weighted by atomic mass is 10.1. The number of amides is 1. The van der Waals surface area contributed by atoms with Gasteiger partial charge in [0.15, 0.2) is 5.75 Å². The Morgan fingerprint density at radius 2 is 1.73 bits per heavy atom. The van der Waals surface area contributed by atoms with Gasteiger partial charge in [-0.3, -0.25) is 4.79 Å². The van der Waals surface area contributed by atoms with Gasteiger partial charge in [0, 0.05) is 25.7 Å². The number of piperazine rings is 1. The molecular formula is C28H29N3O2. The van der Waals surface area contributed by atoms with Crippen molar-refractivity contribution in [3.05, 3.63) is 89.0 Å². The third kappa shape index (κ3) is 4.36. The second-order valence-electron chi connectivity index (χ2n) is 9.05. The molecule has 5 nitrogen and oxygen atoms in total. The first-order chi connectivity index (χ1) is 16.0. The third-order valence-electron chi connectivity index (χ3n) is 6.38. The first-order valence-electron chi connectivity index (χ1n) is 11.5. The number of aryl methyl sites for hydroxylation is 2. The fourth-order valence-corrected chi connectivity index (χ4v) is 4.63. The first kappa shape index (κ1) is 21.3. The Labute approximate surface area is 195 Å². The normalized spacial score (nSPS) is 17.4. The predicted octanol–water partition coefficient (Wildman–Crippen LogP) is 5.26. The minimum absolute atomic E-state index is 0.0904. The fraction of sp³-hybridized carbons (Fsp3) is 0.286. The quantitative estimate of drug-likeness (QED) is 0.547. The highest BCUT2D eigenvalue weighted by molar-refractivity contribution is 6.04. The lowest BCUT2D eigenvalue weighted by Crippen LogP contribution is -2.55. The van der Waals surface area contributed by atoms with Gasteiger partial charge in [0.2, 0.25) is 5.91 Å². The molecule has 0 bridgehead atoms. The Bertz CT molecular complexity index is 1220. The molecule has 0 radical (unpaired) electrons. The molecule has 3 aromatic carbocycles. The van der Waals surface area contributed by atoms with Gasteiger partial charge >= 0.3 is 0 Å². The summed E-state index contributed by atoms with van der Waals surface area (Å²) in [5.41, 5.74) is 5.19. The minimum Gasteiger partial charge on any atom is -0.454 e. The highest BCUT2D eigenvalue weighted by atomic mass is 16.5. The predicted molar refractivity (Wildman–Crippen MR) is 132 cm³/mol. The molecule has 1 fully saturated rings. The van der Waals surface area contributed by atoms with Gasteiger partial charge in [-0.25, -0.2) is 4.99 Å². The van der Waals surface area contributed by atoms with E-state index in [-0.39, 0.29) is 11.9 Å². The Morgan fingerprint density at radius 1 is 0.970 bits per heavy atom. The van der Waals surface area contributed by atoms with Crippen LogP contribution in [-0.2, 0) is 11.2 Å². The molecule has 0 unspecified atom stereocenters. The summed E-state index contributed by atoms with van der Waals surface area (Å²) in [6.45, 7) is 8.41. The van der Waals surface area contributed by atoms with E-state index in [9.17, 15) is 4.79 Å². The van der Waals surface area contributed by atoms with Gasteiger partial charge < -0.3 is 14.5 Å². The molecule has 0 N–H and O–H groups in total. The van der Waals surface area contributed by atoms with Gasteiger partial charge in [0.25, 0.3) is 0 Å². The van der Waals surface area contributed by atoms with E-state index in [2.05, 4.69) is 43.9 Å². The van der Waals surface area contributed by atoms with Gasteiger partial charge in [0.05, 0.1) is 12.0 Å². The van der Waals surface area contributed by atoms with Gasteiger partial charge in [0.1, 0.15) is 17.3 Å². The summed E-state index contributed by atoms with van der Waals surface area (Å²) in [4.78, 5) is 22.4. The number of rotatable bonds is 2. The summed E-state index contributed by atoms with van der Waals surface area (Å²) in [7, 11) is 0. The Kier molecular flexibility index (Phi) is 5.63. The van der Waals surface area contributed by atoms with E-state index in [0.29, 0.717) is 13.0 Å². The van der Waals surface area contributed by atoms with Crippen LogP contribution in [-0.4, -0.2) is 47.2 Å². The number of aliphatic imine (C=N–C) groups is 1. The van der Waals surface area contributed by atoms with Gasteiger partial charge in [-0.1, -0.05) is 48.0 Å². The number of ether oxygens (including phenoxy) is 1. The molecule has 0 saturated carbocycles. The highest BCUT2D eigenvalue weighted by Gasteiger charge is 2.31. The maximum absolute atomic E-state index is 13.0. The topological polar surface area (TPSA) is 45.1 Å². The van der Waals surface area contributed by atoms with Crippen LogP contribution < -0.4 is 4.74 Å². The van der Waals surface area contributed by atoms with Crippen LogP contribution in [0.25, 0.3) is 0 Å². The monoisotopic (exact) mass is 439 g/mol. The highest BCUT2D eigenvalue weighted by Crippen LogP contribution is 2.39. The van der Waals surface area contributed by atoms with Crippen molar-refractivity contribution < 1.29 is 9.53 Å². The zero-order valence-corrected chi connectivity index (χ0v) is 19.4. The summed E-state index contributed by atoms with van der Waals surface area (Å²) in [5, 5.41) is 0. The molecule has 1 atom stereocenters. The Morgan fingerprint density at radius 3 is 2.52 bits per heavy atom. The van der Waals surface area contributed by atoms with E-state index in [1.165, 1.54) is 0 Å². The molecule has 5 rings (SSSR count). The molecule has 2 aliphatic rings. The number of hydrogen-bond donors (Lipinski definition) is 0. The fourth-order valence-electron chi connectivity index (χ4n) is 4.63. The standard InChI is InChI=1S/C28H29N3O2/c1-19-10-12-25-23(15-19)28(29-24-11-9-20(2)16-26(24)33-25)30-13-14-31(21(3)18-30)27(32)17-22-7-5-4-6-8-22/h4-12,15-16,21H,13-14,17-18H2,1-3H3/t21-/m1/s1. The van der Waals surface area contributed by atoms with Crippen molar-refractivity contribution in [1.82, 2.24) is 9.80 Å². The second-order valence-corrected chi connectivity index (χ2v) is 9.05. The zero-order chi connectivity index (χ0) is 22.9. The third-order valence-corrected chi connectivity index (χ3v) is 6.38. The van der Waals surface area contributed by atoms with Crippen molar-refractivity contribution in [2.45, 2.75) is 33.2 Å². The number of benzene rings is 3. The summed E-state index contributed by atoms with van der Waals surface area (Å²) >= 11 is 0. The van der Waals surface area contributed by atoms with Crippen LogP contribution >= 0.6 is 0 Å². The minimum atomic E-state index is 0.0904. The summed E-state index contributed by atoms with van der Waals surface area (Å²) in [5.74, 6) is 2.69. The van der Waals surface area contributed by atoms with Crippen LogP contribution in [0.4, 0.5) is 5.69 Å². The van der Waals surface area contributed by atoms with Gasteiger partial charge in [-0.15, -0.1) is 0 Å². The molecule has 1 amide bonds. The molecule has 33 heavy (non-hydrogen) atoms. The number of amidine groups is 1. The Hall–Kier alpha value is -3.60. The van der Waals surface area contributed by atoms with Crippen molar-refractivity contribution in [3.8, 4) is 11.5 Å². The molecule has 1 saturated heterocycles. The first-order valence-corrected chi connectivity index (χ1v) is 11.5. The van der Waals surface area contributed by atoms with E-state index in [1.54, 1.807) is 0 Å². The van der Waals surface area contributed by atoms with Crippen LogP contribution in [0.5, 0.6) is 11.5 Å². The molecular weight excluding hydrogens is 410 g/mol. The second kappa shape index (κ2) is 8.74. The largest absolute Gasteiger partial charge is 0.454 e. The SMILES string of the molecule is Cc1ccc2c(c1)Oc1ccc(C)cc1C(N1CCN(C(=O)Cc3ccccc3)[C@H](C)C1)=N2. The smallest absolute Gasteiger partial charge is 0.227 e. The van der Waals surface area contributed by atoms with E-state index in [1.807, 2.05) is 53.4 Å². The number of fused-ring (bicyclic) bond motifs is 2. The van der Waals surface area contributed by atoms with Crippen LogP contribution in [0.15, 0.2) is 71.7 Å². The van der Waals surface area contributed by atoms with E-state index in [0.717, 1.165) is 58.4 Å². The number of hydrogen-bond acceptors (Lipinski definition) is 4. The van der Waals surface area contributed by atoms with Gasteiger partial charge in [-0.05, 0) is 56.2 Å². The van der Waals surface area contributed by atoms with Crippen molar-refractivity contribution in [2.75, 3.05) is 19.6 Å². The van der Waals surface area contributed by atoms with Crippen LogP contribution in [0, 0.1) is 13.8 Å². The molecule has 0 aliphatic carbocycles. The van der Waals surface area contributed by atoms with E-state index in [4.69, 9.17) is 9.73 Å². The summed E-state index contributed by atoms with van der Waals surface area (Å²) in [6, 6.07) is 22.4. The molecule has 2 heterocycles. The molecule has 2 aliphatic heterocycles. The average molecular weight is 440 g/mol. The zero-order valence-electron chi connectivity index (χ0n) is 19.4. The van der Waals surface area contributed by atoms with Crippen LogP contribution in [0.2, 0.25) is 0 Å². The number of carbonyl (C=O) groups is 1. The molecule has 3 aromatic rings. The van der Waals surface area contributed by atoms with Crippen LogP contribution in [0.3, 0.4) is 0 Å². The summed E-state index contributed by atoms with van der Waals surface area (Å²) in [6.07, 6.45) is 0.439. The molecule has 168 valence electrons. The maximum Gasteiger partial charge on any atom is 0.227 e. The van der Waals surface area contributed by atoms with Crippen molar-refractivity contribution >= 4 is 17.4 Å². The lowest BCUT2D eigenvalue weighted by molar-refractivity contribution is -0.134. The lowest BCUT2D eigenvalue weighted by Gasteiger charge is -2.41. The van der Waals surface area contributed by atoms with Crippen molar-refractivity contribution in [1.29, 1.82) is 0 Å². The molecule has 0 spiro atoms. The molecule has 5 heteroatoms. The van der Waals surface area contributed by atoms with Crippen LogP contribution in [0.1, 0.15) is 29.2 Å². The number of carbonyl (C=O) groups excluding carboxylic acids is 1. The Balaban J connectivity index is 1.42. The number of nitrogens with zero attached hydrogens (tertiary/aromatic N) is 3. The van der Waals surface area contributed by atoms with Gasteiger partial charge in [-0.2, -0.15) is 0 Å². The summed E-state index contributed by atoms with van der Waals surface area (Å²) < 4.78 is 6.31. The average Bonchev–Trinajstić information content (AvgIpc) is 2.95.